The fourth-order valence-corrected chi connectivity index (χ4v) is 26.4. The number of rotatable bonds is 16. The third-order valence-electron chi connectivity index (χ3n) is 10.7. The summed E-state index contributed by atoms with van der Waals surface area (Å²) in [5.74, 6) is 1.42. The largest absolute Gasteiger partial charge is 0.491 e. The van der Waals surface area contributed by atoms with Gasteiger partial charge in [0, 0.05) is 0 Å². The lowest BCUT2D eigenvalue weighted by Gasteiger charge is -2.36. The molecule has 2 heterocycles. The summed E-state index contributed by atoms with van der Waals surface area (Å²) in [7, 11) is -7.29. The van der Waals surface area contributed by atoms with Gasteiger partial charge in [-0.2, -0.15) is 0 Å². The molecular formula is C45H62O5Si4. The van der Waals surface area contributed by atoms with E-state index in [0.717, 1.165) is 37.5 Å². The van der Waals surface area contributed by atoms with Gasteiger partial charge in [-0.15, -0.1) is 0 Å². The fourth-order valence-electron chi connectivity index (χ4n) is 9.50. The van der Waals surface area contributed by atoms with Crippen molar-refractivity contribution < 1.29 is 22.4 Å². The molecule has 5 nitrogen and oxygen atoms in total. The molecule has 2 aliphatic heterocycles. The Hall–Kier alpha value is -2.61. The zero-order valence-corrected chi connectivity index (χ0v) is 38.6. The first kappa shape index (κ1) is 39.6. The van der Waals surface area contributed by atoms with Gasteiger partial charge in [0.05, 0.1) is 18.6 Å². The van der Waals surface area contributed by atoms with Gasteiger partial charge >= 0.3 is 0 Å². The highest BCUT2D eigenvalue weighted by Crippen LogP contribution is 2.57. The van der Waals surface area contributed by atoms with Crippen molar-refractivity contribution in [2.45, 2.75) is 109 Å². The van der Waals surface area contributed by atoms with Crippen LogP contribution in [0.5, 0.6) is 5.75 Å². The maximum Gasteiger partial charge on any atom is 0.177 e. The molecule has 0 radical (unpaired) electrons. The first-order chi connectivity index (χ1) is 25.3. The second-order valence-corrected chi connectivity index (χ2v) is 37.2. The summed E-state index contributed by atoms with van der Waals surface area (Å²) >= 11 is 0. The molecule has 7 rings (SSSR count). The Morgan fingerprint density at radius 1 is 0.667 bits per heavy atom. The summed E-state index contributed by atoms with van der Waals surface area (Å²) < 4.78 is 31.9. The highest BCUT2D eigenvalue weighted by atomic mass is 28.4. The summed E-state index contributed by atoms with van der Waals surface area (Å²) in [5, 5.41) is 0. The molecule has 0 spiro atoms. The first-order valence-electron chi connectivity index (χ1n) is 20.1. The van der Waals surface area contributed by atoms with Gasteiger partial charge in [0.2, 0.25) is 0 Å². The molecule has 0 amide bonds. The summed E-state index contributed by atoms with van der Waals surface area (Å²) in [6.45, 7) is 28.0. The maximum atomic E-state index is 6.95. The van der Waals surface area contributed by atoms with Gasteiger partial charge < -0.3 is 22.4 Å². The standard InChI is InChI=1S/C45H62O5Si4/c1-32(30-53(8,9)49-51(2,3)4)24-33-25-36(21-23-43(33)47-28-37-27-46-37)45(41-18-14-12-16-39(41)40-17-13-15-19-42(40)45)35-20-22-38(44-29-48-44)34(26-35)31-54(10,11)50-52(5,6)7/h12-23,25-26,32,37,44H,24,27-31H2,1-11H3. The van der Waals surface area contributed by atoms with E-state index < -0.39 is 38.7 Å². The average molecular weight is 795 g/mol. The third-order valence-corrected chi connectivity index (χ3v) is 23.0. The Balaban J connectivity index is 1.39. The Labute approximate surface area is 329 Å². The van der Waals surface area contributed by atoms with Crippen LogP contribution in [0.4, 0.5) is 0 Å². The highest BCUT2D eigenvalue weighted by molar-refractivity contribution is 6.84. The monoisotopic (exact) mass is 794 g/mol. The molecule has 0 aromatic heterocycles. The highest BCUT2D eigenvalue weighted by Gasteiger charge is 2.47. The predicted octanol–water partition coefficient (Wildman–Crippen LogP) is 11.3. The summed E-state index contributed by atoms with van der Waals surface area (Å²) in [5.41, 5.74) is 11.3. The molecule has 0 bridgehead atoms. The molecule has 9 heteroatoms. The summed E-state index contributed by atoms with van der Waals surface area (Å²) in [6, 6.07) is 34.6. The first-order valence-corrected chi connectivity index (χ1v) is 33.1. The average Bonchev–Trinajstić information content (AvgIpc) is 3.99. The van der Waals surface area contributed by atoms with E-state index in [-0.39, 0.29) is 12.2 Å². The molecule has 288 valence electrons. The van der Waals surface area contributed by atoms with Crippen molar-refractivity contribution in [2.75, 3.05) is 19.8 Å². The quantitative estimate of drug-likeness (QED) is 0.0735. The molecule has 0 saturated carbocycles. The number of ether oxygens (including phenoxy) is 3. The molecule has 3 unspecified atom stereocenters. The molecular weight excluding hydrogens is 733 g/mol. The van der Waals surface area contributed by atoms with Crippen LogP contribution in [0, 0.1) is 5.92 Å². The van der Waals surface area contributed by atoms with Crippen LogP contribution >= 0.6 is 0 Å². The van der Waals surface area contributed by atoms with Crippen molar-refractivity contribution >= 4 is 33.3 Å². The lowest BCUT2D eigenvalue weighted by molar-refractivity contribution is 0.260. The molecule has 1 aliphatic carbocycles. The van der Waals surface area contributed by atoms with Crippen LogP contribution in [-0.4, -0.2) is 59.2 Å². The second-order valence-electron chi connectivity index (χ2n) is 19.3. The van der Waals surface area contributed by atoms with Crippen LogP contribution in [0.1, 0.15) is 52.0 Å². The van der Waals surface area contributed by atoms with E-state index in [4.69, 9.17) is 22.4 Å². The Morgan fingerprint density at radius 3 is 1.76 bits per heavy atom. The molecule has 2 saturated heterocycles. The molecule has 0 N–H and O–H groups in total. The zero-order chi connectivity index (χ0) is 38.7. The molecule has 3 atom stereocenters. The van der Waals surface area contributed by atoms with E-state index in [0.29, 0.717) is 12.5 Å². The Bertz CT molecular complexity index is 1940. The van der Waals surface area contributed by atoms with E-state index in [1.807, 2.05) is 0 Å². The minimum atomic E-state index is -2.05. The number of fused-ring (bicyclic) bond motifs is 3. The summed E-state index contributed by atoms with van der Waals surface area (Å²) in [4.78, 5) is 0. The van der Waals surface area contributed by atoms with Gasteiger partial charge in [-0.1, -0.05) is 85.8 Å². The molecule has 54 heavy (non-hydrogen) atoms. The number of benzene rings is 4. The van der Waals surface area contributed by atoms with Crippen molar-refractivity contribution in [1.82, 2.24) is 0 Å². The van der Waals surface area contributed by atoms with Crippen molar-refractivity contribution in [2.24, 2.45) is 5.92 Å². The van der Waals surface area contributed by atoms with Crippen LogP contribution in [0.25, 0.3) is 11.1 Å². The van der Waals surface area contributed by atoms with Crippen molar-refractivity contribution in [3.05, 3.63) is 124 Å². The van der Waals surface area contributed by atoms with Crippen LogP contribution in [-0.2, 0) is 35.6 Å². The smallest absolute Gasteiger partial charge is 0.177 e. The fraction of sp³-hybridized carbons (Fsp3) is 0.467. The van der Waals surface area contributed by atoms with Crippen molar-refractivity contribution in [3.63, 3.8) is 0 Å². The number of hydrogen-bond donors (Lipinski definition) is 0. The molecule has 2 fully saturated rings. The van der Waals surface area contributed by atoms with E-state index in [9.17, 15) is 0 Å². The van der Waals surface area contributed by atoms with E-state index >= 15 is 0 Å². The van der Waals surface area contributed by atoms with Gasteiger partial charge in [0.15, 0.2) is 33.3 Å². The predicted molar refractivity (Wildman–Crippen MR) is 233 cm³/mol. The lowest BCUT2D eigenvalue weighted by Crippen LogP contribution is -2.44. The van der Waals surface area contributed by atoms with E-state index in [2.05, 4.69) is 157 Å². The van der Waals surface area contributed by atoms with E-state index in [1.54, 1.807) is 0 Å². The summed E-state index contributed by atoms with van der Waals surface area (Å²) in [6.07, 6.45) is 1.29. The van der Waals surface area contributed by atoms with Crippen LogP contribution in [0.3, 0.4) is 0 Å². The normalized spacial score (nSPS) is 19.6. The number of hydrogen-bond acceptors (Lipinski definition) is 5. The number of epoxide rings is 2. The minimum Gasteiger partial charge on any atom is -0.491 e. The SMILES string of the molecule is CC(Cc1cc(C2(c3ccc(C4CO4)c(C[Si](C)(C)O[Si](C)(C)C)c3)c3ccccc3-c3ccccc32)ccc1OCC1CO1)C[Si](C)(C)O[Si](C)(C)C. The Kier molecular flexibility index (Phi) is 10.8. The second kappa shape index (κ2) is 14.7. The van der Waals surface area contributed by atoms with Crippen molar-refractivity contribution in [1.29, 1.82) is 0 Å². The van der Waals surface area contributed by atoms with Gasteiger partial charge in [0.1, 0.15) is 24.6 Å². The van der Waals surface area contributed by atoms with Gasteiger partial charge in [-0.25, -0.2) is 0 Å². The Morgan fingerprint density at radius 2 is 1.20 bits per heavy atom. The van der Waals surface area contributed by atoms with Crippen LogP contribution < -0.4 is 4.74 Å². The third kappa shape index (κ3) is 8.84. The van der Waals surface area contributed by atoms with Crippen LogP contribution in [0.15, 0.2) is 84.9 Å². The molecule has 4 aromatic rings. The van der Waals surface area contributed by atoms with Gasteiger partial charge in [-0.3, -0.25) is 0 Å². The van der Waals surface area contributed by atoms with E-state index in [1.165, 1.54) is 50.1 Å². The zero-order valence-electron chi connectivity index (χ0n) is 34.6. The minimum absolute atomic E-state index is 0.169. The molecule has 3 aliphatic rings. The topological polar surface area (TPSA) is 52.8 Å². The van der Waals surface area contributed by atoms with Gasteiger partial charge in [-0.05, 0) is 146 Å². The van der Waals surface area contributed by atoms with Gasteiger partial charge in [0.25, 0.3) is 0 Å². The molecule has 4 aromatic carbocycles. The van der Waals surface area contributed by atoms with Crippen LogP contribution in [0.2, 0.25) is 71.5 Å². The lowest BCUT2D eigenvalue weighted by atomic mass is 9.67. The van der Waals surface area contributed by atoms with Crippen molar-refractivity contribution in [3.8, 4) is 16.9 Å². The maximum absolute atomic E-state index is 6.95.